The lowest BCUT2D eigenvalue weighted by atomic mass is 9.90. The summed E-state index contributed by atoms with van der Waals surface area (Å²) in [7, 11) is 0. The molecule has 2 saturated heterocycles. The molecular weight excluding hydrogens is 320 g/mol. The van der Waals surface area contributed by atoms with Crippen molar-refractivity contribution in [2.75, 3.05) is 26.2 Å². The standard InChI is InChI=1S/C20H22N2O.ClH/c23-20(22-13-17-11-21-12-18(17)14-22)19(15-7-3-1-4-8-15)16-9-5-2-6-10-16;/h1-10,17-19,21H,11-14H2;1H/t17-,18+;. The summed E-state index contributed by atoms with van der Waals surface area (Å²) in [5.74, 6) is 1.32. The maximum atomic E-state index is 13.3. The summed E-state index contributed by atoms with van der Waals surface area (Å²) in [4.78, 5) is 15.4. The summed E-state index contributed by atoms with van der Waals surface area (Å²) in [5, 5.41) is 3.44. The van der Waals surface area contributed by atoms with Gasteiger partial charge >= 0.3 is 0 Å². The van der Waals surface area contributed by atoms with E-state index in [4.69, 9.17) is 0 Å². The minimum absolute atomic E-state index is 0. The van der Waals surface area contributed by atoms with Gasteiger partial charge in [0.15, 0.2) is 0 Å². The van der Waals surface area contributed by atoms with Crippen molar-refractivity contribution in [2.45, 2.75) is 5.92 Å². The van der Waals surface area contributed by atoms with Gasteiger partial charge in [-0.05, 0) is 23.0 Å². The summed E-state index contributed by atoms with van der Waals surface area (Å²) in [5.41, 5.74) is 2.16. The van der Waals surface area contributed by atoms with Crippen LogP contribution in [0.15, 0.2) is 60.7 Å². The van der Waals surface area contributed by atoms with Crippen molar-refractivity contribution in [3.63, 3.8) is 0 Å². The number of fused-ring (bicyclic) bond motifs is 1. The predicted molar refractivity (Wildman–Crippen MR) is 98.4 cm³/mol. The zero-order chi connectivity index (χ0) is 15.6. The van der Waals surface area contributed by atoms with Crippen molar-refractivity contribution >= 4 is 18.3 Å². The SMILES string of the molecule is Cl.O=C(C(c1ccccc1)c1ccccc1)N1C[C@H]2CNC[C@H]2C1. The summed E-state index contributed by atoms with van der Waals surface area (Å²) in [6, 6.07) is 20.3. The van der Waals surface area contributed by atoms with Crippen molar-refractivity contribution < 1.29 is 4.79 Å². The minimum atomic E-state index is -0.191. The van der Waals surface area contributed by atoms with Crippen LogP contribution >= 0.6 is 12.4 Å². The molecule has 0 saturated carbocycles. The Morgan fingerprint density at radius 2 is 1.33 bits per heavy atom. The molecule has 4 heteroatoms. The van der Waals surface area contributed by atoms with Crippen LogP contribution in [0.3, 0.4) is 0 Å². The van der Waals surface area contributed by atoms with E-state index in [9.17, 15) is 4.79 Å². The Hall–Kier alpha value is -1.84. The van der Waals surface area contributed by atoms with E-state index >= 15 is 0 Å². The average molecular weight is 343 g/mol. The molecule has 126 valence electrons. The number of hydrogen-bond donors (Lipinski definition) is 1. The molecule has 2 aromatic carbocycles. The zero-order valence-electron chi connectivity index (χ0n) is 13.6. The molecule has 2 aromatic rings. The lowest BCUT2D eigenvalue weighted by molar-refractivity contribution is -0.131. The van der Waals surface area contributed by atoms with Gasteiger partial charge in [-0.1, -0.05) is 60.7 Å². The summed E-state index contributed by atoms with van der Waals surface area (Å²) >= 11 is 0. The Bertz CT molecular complexity index is 625. The van der Waals surface area contributed by atoms with Crippen LogP contribution in [0.1, 0.15) is 17.0 Å². The van der Waals surface area contributed by atoms with Crippen LogP contribution < -0.4 is 5.32 Å². The van der Waals surface area contributed by atoms with Crippen molar-refractivity contribution in [3.05, 3.63) is 71.8 Å². The fourth-order valence-corrected chi connectivity index (χ4v) is 3.99. The molecule has 0 aliphatic carbocycles. The van der Waals surface area contributed by atoms with E-state index in [1.807, 2.05) is 36.4 Å². The molecule has 0 bridgehead atoms. The van der Waals surface area contributed by atoms with E-state index in [1.54, 1.807) is 0 Å². The number of hydrogen-bond acceptors (Lipinski definition) is 2. The largest absolute Gasteiger partial charge is 0.341 e. The van der Waals surface area contributed by atoms with E-state index in [0.29, 0.717) is 11.8 Å². The highest BCUT2D eigenvalue weighted by Crippen LogP contribution is 2.32. The van der Waals surface area contributed by atoms with Gasteiger partial charge in [0, 0.05) is 26.2 Å². The van der Waals surface area contributed by atoms with Crippen molar-refractivity contribution in [1.82, 2.24) is 10.2 Å². The number of nitrogens with one attached hydrogen (secondary N) is 1. The molecule has 24 heavy (non-hydrogen) atoms. The van der Waals surface area contributed by atoms with E-state index in [-0.39, 0.29) is 24.2 Å². The summed E-state index contributed by atoms with van der Waals surface area (Å²) < 4.78 is 0. The summed E-state index contributed by atoms with van der Waals surface area (Å²) in [6.45, 7) is 3.89. The van der Waals surface area contributed by atoms with E-state index in [2.05, 4.69) is 34.5 Å². The second-order valence-corrected chi connectivity index (χ2v) is 6.68. The highest BCUT2D eigenvalue weighted by molar-refractivity contribution is 5.87. The van der Waals surface area contributed by atoms with Gasteiger partial charge < -0.3 is 10.2 Å². The van der Waals surface area contributed by atoms with E-state index < -0.39 is 0 Å². The number of nitrogens with zero attached hydrogens (tertiary/aromatic N) is 1. The smallest absolute Gasteiger partial charge is 0.234 e. The van der Waals surface area contributed by atoms with Gasteiger partial charge in [-0.15, -0.1) is 12.4 Å². The van der Waals surface area contributed by atoms with Crippen LogP contribution in [-0.2, 0) is 4.79 Å². The van der Waals surface area contributed by atoms with Crippen molar-refractivity contribution in [1.29, 1.82) is 0 Å². The molecule has 3 nitrogen and oxygen atoms in total. The third-order valence-electron chi connectivity index (χ3n) is 5.21. The zero-order valence-corrected chi connectivity index (χ0v) is 14.4. The third-order valence-corrected chi connectivity index (χ3v) is 5.21. The molecule has 2 atom stereocenters. The molecule has 0 radical (unpaired) electrons. The molecule has 2 aliphatic rings. The van der Waals surface area contributed by atoms with Gasteiger partial charge in [0.1, 0.15) is 0 Å². The number of halogens is 1. The molecule has 1 amide bonds. The lowest BCUT2D eigenvalue weighted by Crippen LogP contribution is -2.36. The van der Waals surface area contributed by atoms with Gasteiger partial charge in [0.25, 0.3) is 0 Å². The molecule has 2 aliphatic heterocycles. The lowest BCUT2D eigenvalue weighted by Gasteiger charge is -2.25. The Kier molecular flexibility index (Phi) is 5.22. The molecule has 0 aromatic heterocycles. The Morgan fingerprint density at radius 3 is 1.79 bits per heavy atom. The van der Waals surface area contributed by atoms with Gasteiger partial charge in [-0.25, -0.2) is 0 Å². The van der Waals surface area contributed by atoms with Crippen molar-refractivity contribution in [2.24, 2.45) is 11.8 Å². The number of amides is 1. The van der Waals surface area contributed by atoms with Crippen molar-refractivity contribution in [3.8, 4) is 0 Å². The molecule has 2 heterocycles. The van der Waals surface area contributed by atoms with E-state index in [1.165, 1.54) is 0 Å². The van der Waals surface area contributed by atoms with E-state index in [0.717, 1.165) is 37.3 Å². The number of likely N-dealkylation sites (tertiary alicyclic amines) is 1. The second-order valence-electron chi connectivity index (χ2n) is 6.68. The first-order valence-corrected chi connectivity index (χ1v) is 8.42. The average Bonchev–Trinajstić information content (AvgIpc) is 3.19. The number of rotatable bonds is 3. The Morgan fingerprint density at radius 1 is 0.875 bits per heavy atom. The highest BCUT2D eigenvalue weighted by Gasteiger charge is 2.40. The topological polar surface area (TPSA) is 32.3 Å². The fourth-order valence-electron chi connectivity index (χ4n) is 3.99. The van der Waals surface area contributed by atoms with Crippen LogP contribution in [-0.4, -0.2) is 37.0 Å². The van der Waals surface area contributed by atoms with Gasteiger partial charge in [-0.2, -0.15) is 0 Å². The first-order chi connectivity index (χ1) is 11.3. The number of carbonyl (C=O) groups is 1. The highest BCUT2D eigenvalue weighted by atomic mass is 35.5. The van der Waals surface area contributed by atoms with Gasteiger partial charge in [0.05, 0.1) is 5.92 Å². The predicted octanol–water partition coefficient (Wildman–Crippen LogP) is 2.92. The molecule has 1 N–H and O–H groups in total. The maximum Gasteiger partial charge on any atom is 0.234 e. The van der Waals surface area contributed by atoms with Crippen LogP contribution in [0.2, 0.25) is 0 Å². The monoisotopic (exact) mass is 342 g/mol. The Labute approximate surface area is 149 Å². The first kappa shape index (κ1) is 17.0. The Balaban J connectivity index is 0.00000169. The second kappa shape index (κ2) is 7.37. The number of benzene rings is 2. The maximum absolute atomic E-state index is 13.3. The number of carbonyl (C=O) groups excluding carboxylic acids is 1. The summed E-state index contributed by atoms with van der Waals surface area (Å²) in [6.07, 6.45) is 0. The van der Waals surface area contributed by atoms with Gasteiger partial charge in [0.2, 0.25) is 5.91 Å². The molecule has 0 unspecified atom stereocenters. The fraction of sp³-hybridized carbons (Fsp3) is 0.350. The quantitative estimate of drug-likeness (QED) is 0.930. The molecule has 0 spiro atoms. The van der Waals surface area contributed by atoms with Crippen LogP contribution in [0.4, 0.5) is 0 Å². The van der Waals surface area contributed by atoms with Crippen LogP contribution in [0.5, 0.6) is 0 Å². The normalized spacial score (nSPS) is 22.3. The van der Waals surface area contributed by atoms with Crippen LogP contribution in [0.25, 0.3) is 0 Å². The minimum Gasteiger partial charge on any atom is -0.341 e. The van der Waals surface area contributed by atoms with Crippen LogP contribution in [0, 0.1) is 11.8 Å². The molecule has 4 rings (SSSR count). The molecule has 2 fully saturated rings. The third kappa shape index (κ3) is 3.19. The molecular formula is C20H23ClN2O. The first-order valence-electron chi connectivity index (χ1n) is 8.42. The van der Waals surface area contributed by atoms with Gasteiger partial charge in [-0.3, -0.25) is 4.79 Å².